The summed E-state index contributed by atoms with van der Waals surface area (Å²) in [4.78, 5) is 60.1. The van der Waals surface area contributed by atoms with Gasteiger partial charge in [0.2, 0.25) is 11.8 Å². The Balaban J connectivity index is 0.941. The number of amides is 3. The smallest absolute Gasteiger partial charge is 0.274 e. The highest BCUT2D eigenvalue weighted by atomic mass is 16.5. The Hall–Kier alpha value is -5.10. The van der Waals surface area contributed by atoms with E-state index in [1.165, 1.54) is 0 Å². The molecule has 0 aliphatic carbocycles. The molecule has 12 heteroatoms. The Bertz CT molecular complexity index is 2140. The van der Waals surface area contributed by atoms with Crippen molar-refractivity contribution in [2.45, 2.75) is 58.7 Å². The Morgan fingerprint density at radius 1 is 0.941 bits per heavy atom. The molecule has 8 rings (SSSR count). The van der Waals surface area contributed by atoms with Gasteiger partial charge in [0.15, 0.2) is 0 Å². The molecule has 0 saturated carbocycles. The van der Waals surface area contributed by atoms with E-state index in [1.807, 2.05) is 32.0 Å². The van der Waals surface area contributed by atoms with Crippen LogP contribution in [0.5, 0.6) is 11.5 Å². The van der Waals surface area contributed by atoms with Gasteiger partial charge in [-0.1, -0.05) is 6.07 Å². The van der Waals surface area contributed by atoms with E-state index in [4.69, 9.17) is 9.47 Å². The zero-order valence-electron chi connectivity index (χ0n) is 29.9. The highest BCUT2D eigenvalue weighted by Gasteiger charge is 2.46. The highest BCUT2D eigenvalue weighted by Crippen LogP contribution is 2.45. The molecule has 4 aromatic rings. The summed E-state index contributed by atoms with van der Waals surface area (Å²) in [5, 5.41) is 3.27. The molecule has 266 valence electrons. The first kappa shape index (κ1) is 33.1. The van der Waals surface area contributed by atoms with Crippen molar-refractivity contribution in [1.29, 1.82) is 0 Å². The number of aromatic nitrogens is 2. The molecule has 2 aromatic heterocycles. The first-order valence-corrected chi connectivity index (χ1v) is 17.7. The SMILES string of the molecule is COc1cc(-c2c(C)n(C)c(=O)c3[nH]c(C)cc23)cc(OC)c1CN1CCC2(CC1)CN(c1ccc3c(c1)C(=O)N(C1CCC(=O)NC1=O)C3)C2. The van der Waals surface area contributed by atoms with Crippen LogP contribution < -0.4 is 25.2 Å². The quantitative estimate of drug-likeness (QED) is 0.278. The minimum absolute atomic E-state index is 0.0481. The van der Waals surface area contributed by atoms with Crippen molar-refractivity contribution >= 4 is 34.3 Å². The van der Waals surface area contributed by atoms with E-state index in [0.717, 1.165) is 95.2 Å². The number of H-pyrrole nitrogens is 1. The number of carbonyl (C=O) groups excluding carboxylic acids is 3. The molecule has 1 unspecified atom stereocenters. The normalized spacial score (nSPS) is 20.2. The van der Waals surface area contributed by atoms with Crippen LogP contribution >= 0.6 is 0 Å². The maximum absolute atomic E-state index is 13.4. The van der Waals surface area contributed by atoms with Crippen LogP contribution in [-0.4, -0.2) is 83.5 Å². The first-order chi connectivity index (χ1) is 24.5. The van der Waals surface area contributed by atoms with E-state index in [0.29, 0.717) is 30.6 Å². The average molecular weight is 693 g/mol. The lowest BCUT2D eigenvalue weighted by Crippen LogP contribution is -2.60. The minimum Gasteiger partial charge on any atom is -0.496 e. The van der Waals surface area contributed by atoms with Gasteiger partial charge in [-0.2, -0.15) is 0 Å². The molecule has 3 amide bonds. The van der Waals surface area contributed by atoms with Gasteiger partial charge in [-0.05, 0) is 87.7 Å². The van der Waals surface area contributed by atoms with Gasteiger partial charge in [0.05, 0.1) is 19.8 Å². The number of hydrogen-bond donors (Lipinski definition) is 2. The summed E-state index contributed by atoms with van der Waals surface area (Å²) < 4.78 is 13.6. The predicted octanol–water partition coefficient (Wildman–Crippen LogP) is 4.03. The number of nitrogens with one attached hydrogen (secondary N) is 2. The summed E-state index contributed by atoms with van der Waals surface area (Å²) >= 11 is 0. The second-order valence-corrected chi connectivity index (χ2v) is 14.8. The molecule has 0 bridgehead atoms. The Morgan fingerprint density at radius 2 is 1.65 bits per heavy atom. The summed E-state index contributed by atoms with van der Waals surface area (Å²) in [7, 11) is 5.19. The number of fused-ring (bicyclic) bond motifs is 2. The zero-order chi connectivity index (χ0) is 35.8. The van der Waals surface area contributed by atoms with E-state index in [2.05, 4.69) is 38.3 Å². The van der Waals surface area contributed by atoms with Gasteiger partial charge in [0.25, 0.3) is 11.5 Å². The predicted molar refractivity (Wildman–Crippen MR) is 193 cm³/mol. The number of ether oxygens (including phenoxy) is 2. The molecular formula is C39H44N6O6. The molecule has 6 heterocycles. The third-order valence-electron chi connectivity index (χ3n) is 11.7. The largest absolute Gasteiger partial charge is 0.496 e. The van der Waals surface area contributed by atoms with Crippen LogP contribution in [0.3, 0.4) is 0 Å². The number of methoxy groups -OCH3 is 2. The van der Waals surface area contributed by atoms with E-state index >= 15 is 0 Å². The molecule has 2 N–H and O–H groups in total. The van der Waals surface area contributed by atoms with Crippen LogP contribution in [0.25, 0.3) is 22.0 Å². The minimum atomic E-state index is -0.606. The van der Waals surface area contributed by atoms with E-state index in [1.54, 1.807) is 30.7 Å². The van der Waals surface area contributed by atoms with E-state index < -0.39 is 6.04 Å². The fraction of sp³-hybridized carbons (Fsp3) is 0.436. The van der Waals surface area contributed by atoms with Crippen molar-refractivity contribution in [3.05, 3.63) is 74.8 Å². The van der Waals surface area contributed by atoms with Crippen molar-refractivity contribution in [2.75, 3.05) is 45.3 Å². The molecule has 2 aromatic carbocycles. The number of carbonyl (C=O) groups is 3. The van der Waals surface area contributed by atoms with Crippen molar-refractivity contribution < 1.29 is 23.9 Å². The maximum Gasteiger partial charge on any atom is 0.274 e. The monoisotopic (exact) mass is 692 g/mol. The van der Waals surface area contributed by atoms with Gasteiger partial charge in [0, 0.05) is 78.7 Å². The van der Waals surface area contributed by atoms with Crippen molar-refractivity contribution in [3.63, 3.8) is 0 Å². The lowest BCUT2D eigenvalue weighted by molar-refractivity contribution is -0.136. The maximum atomic E-state index is 13.4. The zero-order valence-corrected chi connectivity index (χ0v) is 29.9. The number of piperidine rings is 2. The number of benzene rings is 2. The van der Waals surface area contributed by atoms with E-state index in [-0.39, 0.29) is 35.1 Å². The summed E-state index contributed by atoms with van der Waals surface area (Å²) in [5.74, 6) is 0.714. The fourth-order valence-electron chi connectivity index (χ4n) is 8.70. The van der Waals surface area contributed by atoms with Crippen LogP contribution in [-0.2, 0) is 29.7 Å². The van der Waals surface area contributed by atoms with Crippen LogP contribution in [0.2, 0.25) is 0 Å². The van der Waals surface area contributed by atoms with Crippen LogP contribution in [0.1, 0.15) is 58.6 Å². The molecule has 3 saturated heterocycles. The van der Waals surface area contributed by atoms with Crippen LogP contribution in [0.4, 0.5) is 5.69 Å². The molecule has 51 heavy (non-hydrogen) atoms. The molecule has 3 fully saturated rings. The summed E-state index contributed by atoms with van der Waals surface area (Å²) in [6, 6.07) is 11.6. The van der Waals surface area contributed by atoms with Gasteiger partial charge >= 0.3 is 0 Å². The van der Waals surface area contributed by atoms with Crippen molar-refractivity contribution in [1.82, 2.24) is 24.7 Å². The van der Waals surface area contributed by atoms with Gasteiger partial charge in [-0.3, -0.25) is 29.4 Å². The topological polar surface area (TPSA) is 129 Å². The molecule has 12 nitrogen and oxygen atoms in total. The van der Waals surface area contributed by atoms with Crippen LogP contribution in [0, 0.1) is 19.3 Å². The Kier molecular flexibility index (Phi) is 7.97. The number of rotatable bonds is 7. The molecule has 4 aliphatic rings. The Morgan fingerprint density at radius 3 is 2.31 bits per heavy atom. The number of pyridine rings is 1. The highest BCUT2D eigenvalue weighted by molar-refractivity contribution is 6.05. The van der Waals surface area contributed by atoms with E-state index in [9.17, 15) is 19.2 Å². The first-order valence-electron chi connectivity index (χ1n) is 17.7. The van der Waals surface area contributed by atoms with Crippen molar-refractivity contribution in [2.24, 2.45) is 12.5 Å². The second-order valence-electron chi connectivity index (χ2n) is 14.8. The van der Waals surface area contributed by atoms with Crippen LogP contribution in [0.15, 0.2) is 41.2 Å². The third kappa shape index (κ3) is 5.47. The molecule has 4 aliphatic heterocycles. The molecule has 1 spiro atoms. The fourth-order valence-corrected chi connectivity index (χ4v) is 8.70. The standard InChI is InChI=1S/C39H44N6O6/c1-22-14-28-34(23(2)42(3)38(49)35(28)40-22)25-15-31(50-4)29(32(16-25)51-5)19-43-12-10-39(11-13-43)20-44(21-39)26-7-6-24-18-45(37(48)27(24)17-26)30-8-9-33(46)41-36(30)47/h6-7,14-17,30,40H,8-13,18-21H2,1-5H3,(H,41,46,47). The number of aryl methyl sites for hydroxylation is 1. The summed E-state index contributed by atoms with van der Waals surface area (Å²) in [6.45, 7) is 8.82. The number of hydrogen-bond acceptors (Lipinski definition) is 8. The third-order valence-corrected chi connectivity index (χ3v) is 11.7. The Labute approximate surface area is 296 Å². The molecule has 1 atom stereocenters. The van der Waals surface area contributed by atoms with Gasteiger partial charge in [-0.15, -0.1) is 0 Å². The summed E-state index contributed by atoms with van der Waals surface area (Å²) in [6.07, 6.45) is 2.75. The number of likely N-dealkylation sites (tertiary alicyclic amines) is 1. The van der Waals surface area contributed by atoms with Gasteiger partial charge < -0.3 is 28.8 Å². The number of anilines is 1. The van der Waals surface area contributed by atoms with Gasteiger partial charge in [0.1, 0.15) is 23.1 Å². The number of imide groups is 1. The lowest BCUT2D eigenvalue weighted by Gasteiger charge is -2.55. The van der Waals surface area contributed by atoms with Gasteiger partial charge in [-0.25, -0.2) is 0 Å². The molecule has 0 radical (unpaired) electrons. The summed E-state index contributed by atoms with van der Waals surface area (Å²) in [5.41, 5.74) is 8.13. The molecular weight excluding hydrogens is 648 g/mol. The number of aromatic amines is 1. The second kappa shape index (κ2) is 12.3. The lowest BCUT2D eigenvalue weighted by atomic mass is 9.71. The van der Waals surface area contributed by atoms with Crippen molar-refractivity contribution in [3.8, 4) is 22.6 Å². The number of nitrogens with zero attached hydrogens (tertiary/aromatic N) is 4. The average Bonchev–Trinajstić information content (AvgIpc) is 3.65.